The first-order valence-electron chi connectivity index (χ1n) is 10.6. The van der Waals surface area contributed by atoms with E-state index in [2.05, 4.69) is 5.32 Å². The lowest BCUT2D eigenvalue weighted by atomic mass is 9.76. The van der Waals surface area contributed by atoms with Crippen LogP contribution >= 0.6 is 0 Å². The zero-order valence-electron chi connectivity index (χ0n) is 17.9. The van der Waals surface area contributed by atoms with Gasteiger partial charge in [-0.2, -0.15) is 0 Å². The normalized spacial score (nSPS) is 19.9. The lowest BCUT2D eigenvalue weighted by Crippen LogP contribution is -2.47. The minimum absolute atomic E-state index is 0.276. The lowest BCUT2D eigenvalue weighted by molar-refractivity contribution is -0.139. The molecule has 0 radical (unpaired) electrons. The first-order valence-corrected chi connectivity index (χ1v) is 10.6. The van der Waals surface area contributed by atoms with Gasteiger partial charge in [0.05, 0.1) is 6.61 Å². The Morgan fingerprint density at radius 1 is 1.16 bits per heavy atom. The average Bonchev–Trinajstić information content (AvgIpc) is 3.00. The zero-order valence-corrected chi connectivity index (χ0v) is 17.9. The molecule has 4 amide bonds. The first-order chi connectivity index (χ1) is 14.9. The van der Waals surface area contributed by atoms with E-state index in [4.69, 9.17) is 4.74 Å². The summed E-state index contributed by atoms with van der Waals surface area (Å²) in [5.41, 5.74) is 1.80. The van der Waals surface area contributed by atoms with E-state index >= 15 is 0 Å². The van der Waals surface area contributed by atoms with E-state index in [0.717, 1.165) is 40.2 Å². The zero-order chi connectivity index (χ0) is 22.0. The van der Waals surface area contributed by atoms with Crippen molar-refractivity contribution in [1.82, 2.24) is 15.1 Å². The topological polar surface area (TPSA) is 79.0 Å². The largest absolute Gasteiger partial charge is 0.494 e. The predicted molar refractivity (Wildman–Crippen MR) is 115 cm³/mol. The number of nitrogens with one attached hydrogen (secondary N) is 1. The molecule has 2 aliphatic rings. The summed E-state index contributed by atoms with van der Waals surface area (Å²) in [4.78, 5) is 41.4. The number of urea groups is 1. The van der Waals surface area contributed by atoms with Crippen molar-refractivity contribution in [3.05, 3.63) is 65.2 Å². The van der Waals surface area contributed by atoms with Gasteiger partial charge in [-0.3, -0.25) is 14.5 Å². The standard InChI is InChI=1S/C24H27N3O4/c1-3-31-19-12-10-17(11-13-19)15-26(2)21(28)16-27-22(29)24(25-23(27)30)14-6-8-18-7-4-5-9-20(18)24/h4-5,7,9-13H,3,6,8,14-16H2,1-2H3,(H,25,30)/t24-/m0/s1. The van der Waals surface area contributed by atoms with E-state index in [1.54, 1.807) is 7.05 Å². The molecule has 1 fully saturated rings. The molecule has 0 aromatic heterocycles. The Labute approximate surface area is 182 Å². The number of nitrogens with zero attached hydrogens (tertiary/aromatic N) is 2. The lowest BCUT2D eigenvalue weighted by Gasteiger charge is -2.33. The van der Waals surface area contributed by atoms with Gasteiger partial charge in [0.25, 0.3) is 5.91 Å². The maximum Gasteiger partial charge on any atom is 0.325 e. The van der Waals surface area contributed by atoms with Crippen molar-refractivity contribution < 1.29 is 19.1 Å². The first kappa shape index (κ1) is 20.9. The fraction of sp³-hybridized carbons (Fsp3) is 0.375. The Morgan fingerprint density at radius 3 is 2.65 bits per heavy atom. The molecular weight excluding hydrogens is 394 g/mol. The predicted octanol–water partition coefficient (Wildman–Crippen LogP) is 2.83. The summed E-state index contributed by atoms with van der Waals surface area (Å²) in [5, 5.41) is 2.89. The van der Waals surface area contributed by atoms with Crippen LogP contribution in [0.15, 0.2) is 48.5 Å². The van der Waals surface area contributed by atoms with Crippen molar-refractivity contribution in [1.29, 1.82) is 0 Å². The highest BCUT2D eigenvalue weighted by atomic mass is 16.5. The molecule has 0 unspecified atom stereocenters. The molecule has 1 atom stereocenters. The molecule has 1 saturated heterocycles. The maximum atomic E-state index is 13.3. The van der Waals surface area contributed by atoms with Crippen LogP contribution in [0.25, 0.3) is 0 Å². The fourth-order valence-electron chi connectivity index (χ4n) is 4.43. The van der Waals surface area contributed by atoms with Gasteiger partial charge in [-0.05, 0) is 55.0 Å². The van der Waals surface area contributed by atoms with Crippen LogP contribution < -0.4 is 10.1 Å². The minimum atomic E-state index is -1.06. The van der Waals surface area contributed by atoms with E-state index in [0.29, 0.717) is 19.6 Å². The van der Waals surface area contributed by atoms with E-state index < -0.39 is 11.6 Å². The van der Waals surface area contributed by atoms with E-state index in [-0.39, 0.29) is 18.4 Å². The quantitative estimate of drug-likeness (QED) is 0.728. The highest BCUT2D eigenvalue weighted by Crippen LogP contribution is 2.39. The molecule has 1 aliphatic heterocycles. The van der Waals surface area contributed by atoms with Crippen molar-refractivity contribution in [3.63, 3.8) is 0 Å². The number of hydrogen-bond acceptors (Lipinski definition) is 4. The maximum absolute atomic E-state index is 13.3. The van der Waals surface area contributed by atoms with E-state index in [9.17, 15) is 14.4 Å². The number of amides is 4. The highest BCUT2D eigenvalue weighted by Gasteiger charge is 2.54. The van der Waals surface area contributed by atoms with Gasteiger partial charge >= 0.3 is 6.03 Å². The van der Waals surface area contributed by atoms with Crippen molar-refractivity contribution >= 4 is 17.8 Å². The van der Waals surface area contributed by atoms with E-state index in [1.165, 1.54) is 4.90 Å². The van der Waals surface area contributed by atoms with Crippen LogP contribution in [0.2, 0.25) is 0 Å². The molecule has 0 saturated carbocycles. The van der Waals surface area contributed by atoms with Crippen LogP contribution in [0.3, 0.4) is 0 Å². The third-order valence-corrected chi connectivity index (χ3v) is 6.02. The van der Waals surface area contributed by atoms with Crippen LogP contribution in [0.4, 0.5) is 4.79 Å². The Balaban J connectivity index is 1.45. The van der Waals surface area contributed by atoms with Crippen LogP contribution in [0, 0.1) is 0 Å². The molecule has 7 heteroatoms. The molecule has 0 bridgehead atoms. The van der Waals surface area contributed by atoms with Gasteiger partial charge in [0.15, 0.2) is 0 Å². The van der Waals surface area contributed by atoms with Crippen molar-refractivity contribution in [3.8, 4) is 5.75 Å². The summed E-state index contributed by atoms with van der Waals surface area (Å²) in [6.07, 6.45) is 2.23. The fourth-order valence-corrected chi connectivity index (χ4v) is 4.43. The van der Waals surface area contributed by atoms with Gasteiger partial charge < -0.3 is 15.0 Å². The Bertz CT molecular complexity index is 1000. The number of fused-ring (bicyclic) bond motifs is 2. The molecule has 2 aromatic rings. The number of hydrogen-bond donors (Lipinski definition) is 1. The molecule has 4 rings (SSSR count). The van der Waals surface area contributed by atoms with Gasteiger partial charge in [0, 0.05) is 13.6 Å². The molecule has 7 nitrogen and oxygen atoms in total. The van der Waals surface area contributed by atoms with Crippen molar-refractivity contribution in [2.24, 2.45) is 0 Å². The second-order valence-electron chi connectivity index (χ2n) is 8.06. The summed E-state index contributed by atoms with van der Waals surface area (Å²) in [5.74, 6) is 0.142. The third kappa shape index (κ3) is 3.87. The van der Waals surface area contributed by atoms with Crippen LogP contribution in [0.5, 0.6) is 5.75 Å². The number of rotatable bonds is 6. The summed E-state index contributed by atoms with van der Waals surface area (Å²) < 4.78 is 5.44. The molecular formula is C24H27N3O4. The molecule has 31 heavy (non-hydrogen) atoms. The number of likely N-dealkylation sites (N-methyl/N-ethyl adjacent to an activating group) is 1. The van der Waals surface area contributed by atoms with Gasteiger partial charge in [0.2, 0.25) is 5.91 Å². The second-order valence-corrected chi connectivity index (χ2v) is 8.06. The second kappa shape index (κ2) is 8.41. The van der Waals surface area contributed by atoms with Crippen LogP contribution in [-0.4, -0.2) is 47.8 Å². The van der Waals surface area contributed by atoms with Gasteiger partial charge in [0.1, 0.15) is 17.8 Å². The number of carbonyl (C=O) groups is 3. The summed E-state index contributed by atoms with van der Waals surface area (Å²) in [6.45, 7) is 2.62. The summed E-state index contributed by atoms with van der Waals surface area (Å²) >= 11 is 0. The smallest absolute Gasteiger partial charge is 0.325 e. The molecule has 1 N–H and O–H groups in total. The monoisotopic (exact) mass is 421 g/mol. The van der Waals surface area contributed by atoms with Gasteiger partial charge in [-0.15, -0.1) is 0 Å². The van der Waals surface area contributed by atoms with Crippen LogP contribution in [0.1, 0.15) is 36.5 Å². The SMILES string of the molecule is CCOc1ccc(CN(C)C(=O)CN2C(=O)N[C@]3(CCCc4ccccc43)C2=O)cc1. The number of ether oxygens (including phenoxy) is 1. The van der Waals surface area contributed by atoms with Crippen LogP contribution in [-0.2, 0) is 28.1 Å². The number of aryl methyl sites for hydroxylation is 1. The minimum Gasteiger partial charge on any atom is -0.494 e. The molecule has 2 aromatic carbocycles. The van der Waals surface area contributed by atoms with E-state index in [1.807, 2.05) is 55.5 Å². The highest BCUT2D eigenvalue weighted by molar-refractivity contribution is 6.09. The average molecular weight is 421 g/mol. The molecule has 1 heterocycles. The Kier molecular flexibility index (Phi) is 5.67. The summed E-state index contributed by atoms with van der Waals surface area (Å²) in [6, 6.07) is 14.7. The molecule has 1 aliphatic carbocycles. The molecule has 1 spiro atoms. The van der Waals surface area contributed by atoms with Gasteiger partial charge in [-0.1, -0.05) is 36.4 Å². The van der Waals surface area contributed by atoms with Gasteiger partial charge in [-0.25, -0.2) is 4.79 Å². The number of imide groups is 1. The van der Waals surface area contributed by atoms with Crippen molar-refractivity contribution in [2.45, 2.75) is 38.3 Å². The molecule has 162 valence electrons. The Hall–Kier alpha value is -3.35. The number of carbonyl (C=O) groups excluding carboxylic acids is 3. The Morgan fingerprint density at radius 2 is 1.90 bits per heavy atom. The number of benzene rings is 2. The summed E-state index contributed by atoms with van der Waals surface area (Å²) in [7, 11) is 1.67. The van der Waals surface area contributed by atoms with Crippen molar-refractivity contribution in [2.75, 3.05) is 20.2 Å². The third-order valence-electron chi connectivity index (χ3n) is 6.02.